The van der Waals surface area contributed by atoms with Gasteiger partial charge in [-0.05, 0) is 12.1 Å². The second kappa shape index (κ2) is 6.02. The molecule has 0 amide bonds. The van der Waals surface area contributed by atoms with Crippen LogP contribution in [0, 0.1) is 0 Å². The molecular formula is C12H6Cl4N4S. The number of aromatic nitrogens is 2. The van der Waals surface area contributed by atoms with Crippen molar-refractivity contribution in [2.75, 3.05) is 5.43 Å². The molecule has 0 aliphatic heterocycles. The molecule has 3 rings (SSSR count). The van der Waals surface area contributed by atoms with E-state index in [0.717, 1.165) is 4.96 Å². The minimum absolute atomic E-state index is 0.376. The summed E-state index contributed by atoms with van der Waals surface area (Å²) in [6.07, 6.45) is 3.42. The minimum atomic E-state index is 0.376. The van der Waals surface area contributed by atoms with E-state index in [2.05, 4.69) is 15.5 Å². The summed E-state index contributed by atoms with van der Waals surface area (Å²) in [6, 6.07) is 3.16. The first-order valence-electron chi connectivity index (χ1n) is 5.61. The van der Waals surface area contributed by atoms with Crippen LogP contribution in [0.15, 0.2) is 28.8 Å². The summed E-state index contributed by atoms with van der Waals surface area (Å²) in [5.41, 5.74) is 3.92. The Bertz CT molecular complexity index is 816. The highest BCUT2D eigenvalue weighted by Crippen LogP contribution is 2.33. The van der Waals surface area contributed by atoms with Gasteiger partial charge in [0, 0.05) is 16.6 Å². The first-order valence-corrected chi connectivity index (χ1v) is 8.00. The topological polar surface area (TPSA) is 41.7 Å². The SMILES string of the molecule is Clc1cc(Cl)c(N/N=C/c2c(Cl)nc3sccn23)c(Cl)c1. The molecule has 1 N–H and O–H groups in total. The van der Waals surface area contributed by atoms with Crippen molar-refractivity contribution in [2.24, 2.45) is 5.10 Å². The number of imidazole rings is 1. The van der Waals surface area contributed by atoms with Crippen molar-refractivity contribution in [2.45, 2.75) is 0 Å². The second-order valence-electron chi connectivity index (χ2n) is 3.96. The molecule has 4 nitrogen and oxygen atoms in total. The lowest BCUT2D eigenvalue weighted by Crippen LogP contribution is -1.95. The number of nitrogens with zero attached hydrogens (tertiary/aromatic N) is 3. The van der Waals surface area contributed by atoms with Gasteiger partial charge in [-0.1, -0.05) is 46.4 Å². The van der Waals surface area contributed by atoms with E-state index in [0.29, 0.717) is 31.6 Å². The molecule has 2 heterocycles. The van der Waals surface area contributed by atoms with Crippen LogP contribution < -0.4 is 5.43 Å². The zero-order chi connectivity index (χ0) is 15.0. The van der Waals surface area contributed by atoms with Crippen LogP contribution in [0.5, 0.6) is 0 Å². The summed E-state index contributed by atoms with van der Waals surface area (Å²) >= 11 is 25.5. The first kappa shape index (κ1) is 14.9. The van der Waals surface area contributed by atoms with Gasteiger partial charge in [0.05, 0.1) is 21.9 Å². The van der Waals surface area contributed by atoms with Gasteiger partial charge in [-0.15, -0.1) is 11.3 Å². The zero-order valence-electron chi connectivity index (χ0n) is 10.1. The monoisotopic (exact) mass is 378 g/mol. The molecule has 0 spiro atoms. The lowest BCUT2D eigenvalue weighted by molar-refractivity contribution is 1.21. The highest BCUT2D eigenvalue weighted by molar-refractivity contribution is 7.15. The molecule has 3 aromatic rings. The van der Waals surface area contributed by atoms with Crippen molar-refractivity contribution in [1.82, 2.24) is 9.38 Å². The van der Waals surface area contributed by atoms with E-state index in [4.69, 9.17) is 46.4 Å². The van der Waals surface area contributed by atoms with Crippen LogP contribution in [0.4, 0.5) is 5.69 Å². The molecule has 0 fully saturated rings. The van der Waals surface area contributed by atoms with E-state index < -0.39 is 0 Å². The van der Waals surface area contributed by atoms with Crippen LogP contribution in [0.3, 0.4) is 0 Å². The lowest BCUT2D eigenvalue weighted by Gasteiger charge is -2.06. The van der Waals surface area contributed by atoms with Gasteiger partial charge in [0.15, 0.2) is 10.1 Å². The highest BCUT2D eigenvalue weighted by Gasteiger charge is 2.10. The number of hydrogen-bond acceptors (Lipinski definition) is 4. The molecule has 0 saturated heterocycles. The van der Waals surface area contributed by atoms with E-state index in [1.165, 1.54) is 11.3 Å². The Labute approximate surface area is 143 Å². The van der Waals surface area contributed by atoms with Gasteiger partial charge in [-0.25, -0.2) is 4.98 Å². The predicted molar refractivity (Wildman–Crippen MR) is 90.8 cm³/mol. The van der Waals surface area contributed by atoms with Gasteiger partial charge >= 0.3 is 0 Å². The number of nitrogens with one attached hydrogen (secondary N) is 1. The number of rotatable bonds is 3. The van der Waals surface area contributed by atoms with Crippen molar-refractivity contribution in [1.29, 1.82) is 0 Å². The summed E-state index contributed by atoms with van der Waals surface area (Å²) in [5.74, 6) is 0. The number of benzene rings is 1. The van der Waals surface area contributed by atoms with Crippen LogP contribution >= 0.6 is 57.7 Å². The quantitative estimate of drug-likeness (QED) is 0.485. The maximum Gasteiger partial charge on any atom is 0.195 e. The van der Waals surface area contributed by atoms with E-state index in [1.807, 2.05) is 16.0 Å². The molecule has 9 heteroatoms. The Hall–Kier alpha value is -0.980. The fraction of sp³-hybridized carbons (Fsp3) is 0. The first-order chi connectivity index (χ1) is 10.1. The van der Waals surface area contributed by atoms with E-state index in [9.17, 15) is 0 Å². The highest BCUT2D eigenvalue weighted by atomic mass is 35.5. The molecule has 0 atom stereocenters. The summed E-state index contributed by atoms with van der Waals surface area (Å²) in [6.45, 7) is 0. The molecule has 0 aliphatic carbocycles. The number of hydrogen-bond donors (Lipinski definition) is 1. The average molecular weight is 380 g/mol. The van der Waals surface area contributed by atoms with Crippen LogP contribution in [-0.2, 0) is 0 Å². The third-order valence-electron chi connectivity index (χ3n) is 2.62. The number of thiazole rings is 1. The molecule has 0 radical (unpaired) electrons. The third-order valence-corrected chi connectivity index (χ3v) is 4.47. The molecule has 0 saturated carbocycles. The van der Waals surface area contributed by atoms with E-state index in [1.54, 1.807) is 18.3 Å². The minimum Gasteiger partial charge on any atom is -0.288 e. The van der Waals surface area contributed by atoms with Crippen LogP contribution in [0.2, 0.25) is 20.2 Å². The Morgan fingerprint density at radius 1 is 1.19 bits per heavy atom. The van der Waals surface area contributed by atoms with Crippen molar-refractivity contribution in [3.8, 4) is 0 Å². The molecule has 2 aromatic heterocycles. The van der Waals surface area contributed by atoms with Crippen LogP contribution in [0.25, 0.3) is 4.96 Å². The van der Waals surface area contributed by atoms with Crippen LogP contribution in [-0.4, -0.2) is 15.6 Å². The molecular weight excluding hydrogens is 374 g/mol. The molecule has 1 aromatic carbocycles. The fourth-order valence-corrected chi connectivity index (χ4v) is 3.59. The molecule has 0 bridgehead atoms. The predicted octanol–water partition coefficient (Wildman–Crippen LogP) is 5.46. The number of anilines is 1. The van der Waals surface area contributed by atoms with Crippen molar-refractivity contribution in [3.05, 3.63) is 49.6 Å². The van der Waals surface area contributed by atoms with Gasteiger partial charge in [0.1, 0.15) is 5.69 Å². The Balaban J connectivity index is 1.88. The zero-order valence-corrected chi connectivity index (χ0v) is 14.0. The van der Waals surface area contributed by atoms with Gasteiger partial charge in [0.2, 0.25) is 0 Å². The van der Waals surface area contributed by atoms with Gasteiger partial charge in [0.25, 0.3) is 0 Å². The average Bonchev–Trinajstić information content (AvgIpc) is 2.94. The number of fused-ring (bicyclic) bond motifs is 1. The van der Waals surface area contributed by atoms with E-state index in [-0.39, 0.29) is 0 Å². The Morgan fingerprint density at radius 2 is 1.90 bits per heavy atom. The normalized spacial score (nSPS) is 11.6. The van der Waals surface area contributed by atoms with Crippen molar-refractivity contribution >= 4 is 74.6 Å². The molecule has 0 unspecified atom stereocenters. The third kappa shape index (κ3) is 2.98. The summed E-state index contributed by atoms with van der Waals surface area (Å²) in [4.78, 5) is 5.00. The van der Waals surface area contributed by atoms with E-state index >= 15 is 0 Å². The number of halogens is 4. The van der Waals surface area contributed by atoms with Crippen molar-refractivity contribution < 1.29 is 0 Å². The van der Waals surface area contributed by atoms with Crippen molar-refractivity contribution in [3.63, 3.8) is 0 Å². The lowest BCUT2D eigenvalue weighted by atomic mass is 10.3. The van der Waals surface area contributed by atoms with Gasteiger partial charge in [-0.3, -0.25) is 9.83 Å². The fourth-order valence-electron chi connectivity index (χ4n) is 1.70. The Kier molecular flexibility index (Phi) is 4.28. The maximum atomic E-state index is 6.06. The van der Waals surface area contributed by atoms with Gasteiger partial charge in [-0.2, -0.15) is 5.10 Å². The molecule has 0 aliphatic rings. The largest absolute Gasteiger partial charge is 0.288 e. The molecule has 21 heavy (non-hydrogen) atoms. The molecule has 108 valence electrons. The summed E-state index contributed by atoms with van der Waals surface area (Å²) < 4.78 is 1.84. The summed E-state index contributed by atoms with van der Waals surface area (Å²) in [7, 11) is 0. The Morgan fingerprint density at radius 3 is 2.62 bits per heavy atom. The standard InChI is InChI=1S/C12H6Cl4N4S/c13-6-3-7(14)10(8(15)4-6)19-17-5-9-11(16)18-12-20(9)1-2-21-12/h1-5,19H/b17-5+. The van der Waals surface area contributed by atoms with Gasteiger partial charge < -0.3 is 0 Å². The smallest absolute Gasteiger partial charge is 0.195 e. The second-order valence-corrected chi connectivity index (χ2v) is 6.44. The van der Waals surface area contributed by atoms with Crippen LogP contribution in [0.1, 0.15) is 5.69 Å². The maximum absolute atomic E-state index is 6.06. The summed E-state index contributed by atoms with van der Waals surface area (Å²) in [5, 5.41) is 7.60. The number of hydrazone groups is 1.